The molecule has 0 aliphatic heterocycles. The Morgan fingerprint density at radius 3 is 1.08 bits per heavy atom. The third-order valence-electron chi connectivity index (χ3n) is 4.00. The van der Waals surface area contributed by atoms with Gasteiger partial charge in [-0.3, -0.25) is 0 Å². The van der Waals surface area contributed by atoms with E-state index in [1.165, 1.54) is 0 Å². The lowest BCUT2D eigenvalue weighted by molar-refractivity contribution is 0.0378. The van der Waals surface area contributed by atoms with Crippen molar-refractivity contribution >= 4 is 59.4 Å². The van der Waals surface area contributed by atoms with Crippen LogP contribution in [0, 0.1) is 0 Å². The van der Waals surface area contributed by atoms with Crippen LogP contribution < -0.4 is 0 Å². The molecule has 36 heavy (non-hydrogen) atoms. The van der Waals surface area contributed by atoms with E-state index >= 15 is 0 Å². The van der Waals surface area contributed by atoms with E-state index in [-0.39, 0.29) is 12.7 Å². The quantitative estimate of drug-likeness (QED) is 0.137. The molecular weight excluding hydrogens is 577 g/mol. The number of hydrogen-bond acceptors (Lipinski definition) is 8. The summed E-state index contributed by atoms with van der Waals surface area (Å²) in [5, 5.41) is 11.1. The van der Waals surface area contributed by atoms with Crippen LogP contribution >= 0.6 is 0 Å². The first kappa shape index (κ1) is 37.2. The van der Waals surface area contributed by atoms with Gasteiger partial charge in [0.1, 0.15) is 0 Å². The molecule has 218 valence electrons. The van der Waals surface area contributed by atoms with Crippen LogP contribution in [0.2, 0.25) is 104 Å². The van der Waals surface area contributed by atoms with Gasteiger partial charge in [0, 0.05) is 12.7 Å². The molecule has 1 unspecified atom stereocenters. The van der Waals surface area contributed by atoms with Gasteiger partial charge in [-0.05, 0) is 105 Å². The largest absolute Gasteiger partial charge is 0.476 e. The Morgan fingerprint density at radius 2 is 0.833 bits per heavy atom. The summed E-state index contributed by atoms with van der Waals surface area (Å²) in [4.78, 5) is 0. The van der Waals surface area contributed by atoms with Gasteiger partial charge in [-0.1, -0.05) is 6.92 Å². The highest BCUT2D eigenvalue weighted by atomic mass is 28.5. The molecule has 15 heteroatoms. The highest BCUT2D eigenvalue weighted by Gasteiger charge is 2.57. The molecular formula is C21H58O8Si7. The fourth-order valence-electron chi connectivity index (χ4n) is 4.30. The maximum Gasteiger partial charge on any atom is 0.476 e. The lowest BCUT2D eigenvalue weighted by atomic mass is 10.4. The minimum Gasteiger partial charge on any atom is -0.437 e. The first-order valence-corrected chi connectivity index (χ1v) is 33.8. The van der Waals surface area contributed by atoms with Crippen molar-refractivity contribution in [3.8, 4) is 0 Å². The molecule has 0 aromatic carbocycles. The lowest BCUT2D eigenvalue weighted by Crippen LogP contribution is -2.66. The molecule has 0 heterocycles. The van der Waals surface area contributed by atoms with E-state index < -0.39 is 65.5 Å². The van der Waals surface area contributed by atoms with Crippen LogP contribution in [-0.4, -0.2) is 83.9 Å². The highest BCUT2D eigenvalue weighted by Crippen LogP contribution is 2.33. The Labute approximate surface area is 230 Å². The van der Waals surface area contributed by atoms with Gasteiger partial charge >= 0.3 is 34.5 Å². The molecule has 1 N–H and O–H groups in total. The van der Waals surface area contributed by atoms with E-state index in [1.807, 2.05) is 46.2 Å². The predicted molar refractivity (Wildman–Crippen MR) is 167 cm³/mol. The molecule has 0 aliphatic carbocycles. The van der Waals surface area contributed by atoms with Crippen LogP contribution in [0.4, 0.5) is 0 Å². The Morgan fingerprint density at radius 1 is 0.528 bits per heavy atom. The van der Waals surface area contributed by atoms with Gasteiger partial charge in [-0.25, -0.2) is 0 Å². The van der Waals surface area contributed by atoms with Crippen molar-refractivity contribution in [1.82, 2.24) is 0 Å². The Hall–Kier alpha value is 1.20. The predicted octanol–water partition coefficient (Wildman–Crippen LogP) is 6.42. The summed E-state index contributed by atoms with van der Waals surface area (Å²) in [6.45, 7) is 34.5. The smallest absolute Gasteiger partial charge is 0.437 e. The van der Waals surface area contributed by atoms with Crippen LogP contribution in [0.1, 0.15) is 13.3 Å². The summed E-state index contributed by atoms with van der Waals surface area (Å²) < 4.78 is 46.3. The molecule has 1 atom stereocenters. The Balaban J connectivity index is 6.59. The molecule has 0 aliphatic rings. The maximum atomic E-state index is 11.1. The lowest BCUT2D eigenvalue weighted by Gasteiger charge is -2.47. The van der Waals surface area contributed by atoms with Gasteiger partial charge in [-0.2, -0.15) is 0 Å². The zero-order valence-electron chi connectivity index (χ0n) is 26.2. The number of aliphatic hydroxyl groups is 1. The number of aliphatic hydroxyl groups excluding tert-OH is 1. The zero-order valence-corrected chi connectivity index (χ0v) is 33.2. The maximum absolute atomic E-state index is 11.1. The van der Waals surface area contributed by atoms with E-state index in [2.05, 4.69) is 58.9 Å². The topological polar surface area (TPSA) is 84.8 Å². The molecule has 8 nitrogen and oxygen atoms in total. The number of hydrogen-bond donors (Lipinski definition) is 1. The summed E-state index contributed by atoms with van der Waals surface area (Å²) >= 11 is 0. The van der Waals surface area contributed by atoms with E-state index in [4.69, 9.17) is 29.4 Å². The SMILES string of the molecule is CCCOCC(O)C[Si](O[Si](C)(C)O[Si](C)(C)C)(O[Si](C)(C)O[Si](C)(C)C)O[Si](C)(C)O[Si](C)(C)C. The van der Waals surface area contributed by atoms with E-state index in [0.717, 1.165) is 6.42 Å². The molecule has 0 saturated heterocycles. The minimum absolute atomic E-state index is 0.198. The third-order valence-corrected chi connectivity index (χ3v) is 27.9. The molecule has 0 aromatic rings. The minimum atomic E-state index is -3.58. The second-order valence-electron chi connectivity index (χ2n) is 13.8. The van der Waals surface area contributed by atoms with Crippen molar-refractivity contribution in [3.63, 3.8) is 0 Å². The normalized spacial score (nSPS) is 15.9. The van der Waals surface area contributed by atoms with Crippen molar-refractivity contribution in [1.29, 1.82) is 0 Å². The Bertz CT molecular complexity index is 584. The molecule has 0 bridgehead atoms. The van der Waals surface area contributed by atoms with E-state index in [9.17, 15) is 5.11 Å². The van der Waals surface area contributed by atoms with Gasteiger partial charge in [0.25, 0.3) is 0 Å². The average Bonchev–Trinajstić information content (AvgIpc) is 2.44. The van der Waals surface area contributed by atoms with Crippen LogP contribution in [0.25, 0.3) is 0 Å². The first-order valence-electron chi connectivity index (χ1n) is 13.2. The Kier molecular flexibility index (Phi) is 14.2. The number of ether oxygens (including phenoxy) is 1. The standard InChI is InChI=1S/C21H58O8Si7/c1-17-18-23-19-21(22)20-36(27-33(11,12)24-30(2,3)4,28-34(13,14)25-31(5,6)7)29-35(15,16)26-32(8,9)10/h21-22H,17-20H2,1-16H3. The van der Waals surface area contributed by atoms with Crippen LogP contribution in [-0.2, 0) is 29.4 Å². The molecule has 0 radical (unpaired) electrons. The summed E-state index contributed by atoms with van der Waals surface area (Å²) in [5.74, 6) is 0. The first-order chi connectivity index (χ1) is 15.7. The van der Waals surface area contributed by atoms with E-state index in [0.29, 0.717) is 6.61 Å². The molecule has 0 amide bonds. The summed E-state index contributed by atoms with van der Waals surface area (Å²) in [6, 6.07) is 0.208. The van der Waals surface area contributed by atoms with Crippen LogP contribution in [0.3, 0.4) is 0 Å². The molecule has 0 rings (SSSR count). The number of rotatable bonds is 18. The highest BCUT2D eigenvalue weighted by molar-refractivity contribution is 6.92. The molecule has 0 aromatic heterocycles. The van der Waals surface area contributed by atoms with Gasteiger partial charge in [-0.15, -0.1) is 0 Å². The van der Waals surface area contributed by atoms with Crippen LogP contribution in [0.5, 0.6) is 0 Å². The van der Waals surface area contributed by atoms with Crippen molar-refractivity contribution in [2.75, 3.05) is 13.2 Å². The molecule has 0 saturated carbocycles. The van der Waals surface area contributed by atoms with Gasteiger partial charge in [0.05, 0.1) is 12.7 Å². The monoisotopic (exact) mass is 634 g/mol. The molecule has 0 spiro atoms. The van der Waals surface area contributed by atoms with Crippen LogP contribution in [0.15, 0.2) is 0 Å². The third kappa shape index (κ3) is 18.5. The second-order valence-corrected chi connectivity index (χ2v) is 41.5. The van der Waals surface area contributed by atoms with Crippen molar-refractivity contribution < 1.29 is 34.5 Å². The average molecular weight is 635 g/mol. The van der Waals surface area contributed by atoms with E-state index in [1.54, 1.807) is 0 Å². The molecule has 0 fully saturated rings. The van der Waals surface area contributed by atoms with Crippen molar-refractivity contribution in [2.24, 2.45) is 0 Å². The second kappa shape index (κ2) is 13.7. The summed E-state index contributed by atoms with van der Waals surface area (Å²) in [5.41, 5.74) is 0. The fourth-order valence-corrected chi connectivity index (χ4v) is 35.9. The summed E-state index contributed by atoms with van der Waals surface area (Å²) in [6.07, 6.45) is 0.0878. The van der Waals surface area contributed by atoms with Gasteiger partial charge in [0.15, 0.2) is 25.0 Å². The van der Waals surface area contributed by atoms with Crippen molar-refractivity contribution in [3.05, 3.63) is 0 Å². The van der Waals surface area contributed by atoms with Crippen molar-refractivity contribution in [2.45, 2.75) is 124 Å². The zero-order chi connectivity index (χ0) is 28.9. The van der Waals surface area contributed by atoms with Gasteiger partial charge in [0.2, 0.25) is 0 Å². The fraction of sp³-hybridized carbons (Fsp3) is 1.00. The van der Waals surface area contributed by atoms with Gasteiger partial charge < -0.3 is 34.5 Å². The summed E-state index contributed by atoms with van der Waals surface area (Å²) in [7, 11) is -17.5.